The van der Waals surface area contributed by atoms with Gasteiger partial charge in [0, 0.05) is 12.6 Å². The third kappa shape index (κ3) is 3.98. The maximum atomic E-state index is 9.77. The molecule has 0 aliphatic heterocycles. The molecule has 3 nitrogen and oxygen atoms in total. The van der Waals surface area contributed by atoms with Crippen LogP contribution in [0.4, 0.5) is 0 Å². The van der Waals surface area contributed by atoms with E-state index >= 15 is 0 Å². The Morgan fingerprint density at radius 2 is 2.18 bits per heavy atom. The Kier molecular flexibility index (Phi) is 4.83. The van der Waals surface area contributed by atoms with Crippen molar-refractivity contribution in [3.63, 3.8) is 0 Å². The quantitative estimate of drug-likeness (QED) is 0.847. The Labute approximate surface area is 110 Å². The summed E-state index contributed by atoms with van der Waals surface area (Å²) >= 11 is 3.41. The van der Waals surface area contributed by atoms with Gasteiger partial charge in [-0.1, -0.05) is 18.6 Å². The molecule has 2 N–H and O–H groups in total. The van der Waals surface area contributed by atoms with Crippen molar-refractivity contribution in [3.8, 4) is 5.75 Å². The summed E-state index contributed by atoms with van der Waals surface area (Å²) in [4.78, 5) is 0. The van der Waals surface area contributed by atoms with E-state index in [0.29, 0.717) is 19.2 Å². The largest absolute Gasteiger partial charge is 0.490 e. The minimum atomic E-state index is -0.456. The molecule has 1 fully saturated rings. The Balaban J connectivity index is 1.68. The lowest BCUT2D eigenvalue weighted by atomic mass is 9.93. The van der Waals surface area contributed by atoms with Gasteiger partial charge in [0.25, 0.3) is 0 Å². The van der Waals surface area contributed by atoms with Crippen LogP contribution in [0.25, 0.3) is 0 Å². The van der Waals surface area contributed by atoms with Gasteiger partial charge in [-0.15, -0.1) is 0 Å². The van der Waals surface area contributed by atoms with E-state index in [9.17, 15) is 5.11 Å². The van der Waals surface area contributed by atoms with Gasteiger partial charge in [-0.2, -0.15) is 0 Å². The van der Waals surface area contributed by atoms with Crippen molar-refractivity contribution in [1.82, 2.24) is 5.32 Å². The average Bonchev–Trinajstić information content (AvgIpc) is 2.26. The molecule has 1 aromatic carbocycles. The zero-order chi connectivity index (χ0) is 12.1. The van der Waals surface area contributed by atoms with E-state index in [4.69, 9.17) is 4.74 Å². The topological polar surface area (TPSA) is 41.5 Å². The van der Waals surface area contributed by atoms with Crippen LogP contribution in [0, 0.1) is 0 Å². The molecule has 1 unspecified atom stereocenters. The Bertz CT molecular complexity index is 355. The Morgan fingerprint density at radius 1 is 1.41 bits per heavy atom. The molecule has 0 heterocycles. The van der Waals surface area contributed by atoms with Crippen LogP contribution in [-0.4, -0.2) is 30.4 Å². The molecule has 4 heteroatoms. The molecule has 17 heavy (non-hydrogen) atoms. The third-order valence-corrected chi connectivity index (χ3v) is 3.67. The highest BCUT2D eigenvalue weighted by Crippen LogP contribution is 2.23. The molecule has 0 aromatic heterocycles. The van der Waals surface area contributed by atoms with E-state index < -0.39 is 6.10 Å². The summed E-state index contributed by atoms with van der Waals surface area (Å²) in [6.07, 6.45) is 3.32. The summed E-state index contributed by atoms with van der Waals surface area (Å²) < 4.78 is 6.46. The molecule has 1 atom stereocenters. The van der Waals surface area contributed by atoms with Gasteiger partial charge in [0.1, 0.15) is 18.5 Å². The Morgan fingerprint density at radius 3 is 2.82 bits per heavy atom. The van der Waals surface area contributed by atoms with Gasteiger partial charge in [-0.3, -0.25) is 0 Å². The molecule has 0 amide bonds. The molecule has 1 aliphatic rings. The summed E-state index contributed by atoms with van der Waals surface area (Å²) in [5.41, 5.74) is 0. The van der Waals surface area contributed by atoms with E-state index in [1.54, 1.807) is 0 Å². The SMILES string of the molecule is OC(CNC1CCC1)COc1ccccc1Br. The number of nitrogens with one attached hydrogen (secondary N) is 1. The molecule has 0 radical (unpaired) electrons. The summed E-state index contributed by atoms with van der Waals surface area (Å²) in [6.45, 7) is 0.928. The first kappa shape index (κ1) is 12.9. The van der Waals surface area contributed by atoms with Crippen LogP contribution < -0.4 is 10.1 Å². The lowest BCUT2D eigenvalue weighted by Crippen LogP contribution is -2.41. The highest BCUT2D eigenvalue weighted by atomic mass is 79.9. The van der Waals surface area contributed by atoms with Crippen molar-refractivity contribution in [3.05, 3.63) is 28.7 Å². The molecule has 2 rings (SSSR count). The molecular weight excluding hydrogens is 282 g/mol. The van der Waals surface area contributed by atoms with Gasteiger partial charge < -0.3 is 15.2 Å². The zero-order valence-electron chi connectivity index (χ0n) is 9.73. The van der Waals surface area contributed by atoms with Gasteiger partial charge in [-0.05, 0) is 40.9 Å². The minimum Gasteiger partial charge on any atom is -0.490 e. The van der Waals surface area contributed by atoms with Crippen LogP contribution in [0.2, 0.25) is 0 Å². The number of hydrogen-bond acceptors (Lipinski definition) is 3. The number of halogens is 1. The molecule has 94 valence electrons. The first-order valence-corrected chi connectivity index (χ1v) is 6.84. The van der Waals surface area contributed by atoms with Gasteiger partial charge in [0.2, 0.25) is 0 Å². The van der Waals surface area contributed by atoms with Gasteiger partial charge in [0.05, 0.1) is 4.47 Å². The molecule has 0 saturated heterocycles. The molecule has 1 saturated carbocycles. The zero-order valence-corrected chi connectivity index (χ0v) is 11.3. The van der Waals surface area contributed by atoms with Crippen LogP contribution in [0.1, 0.15) is 19.3 Å². The molecule has 0 bridgehead atoms. The monoisotopic (exact) mass is 299 g/mol. The maximum Gasteiger partial charge on any atom is 0.133 e. The molecular formula is C13H18BrNO2. The number of para-hydroxylation sites is 1. The van der Waals surface area contributed by atoms with Crippen LogP contribution in [0.15, 0.2) is 28.7 Å². The fourth-order valence-corrected chi connectivity index (χ4v) is 2.12. The smallest absolute Gasteiger partial charge is 0.133 e. The predicted molar refractivity (Wildman–Crippen MR) is 71.3 cm³/mol. The van der Waals surface area contributed by atoms with Crippen LogP contribution in [-0.2, 0) is 0 Å². The van der Waals surface area contributed by atoms with E-state index in [1.165, 1.54) is 19.3 Å². The number of benzene rings is 1. The number of ether oxygens (including phenoxy) is 1. The second-order valence-corrected chi connectivity index (χ2v) is 5.29. The lowest BCUT2D eigenvalue weighted by molar-refractivity contribution is 0.0993. The average molecular weight is 300 g/mol. The number of aliphatic hydroxyl groups is 1. The third-order valence-electron chi connectivity index (χ3n) is 3.02. The fraction of sp³-hybridized carbons (Fsp3) is 0.538. The first-order chi connectivity index (χ1) is 8.25. The van der Waals surface area contributed by atoms with Crippen molar-refractivity contribution >= 4 is 15.9 Å². The molecule has 1 aliphatic carbocycles. The number of aliphatic hydroxyl groups excluding tert-OH is 1. The summed E-state index contributed by atoms with van der Waals surface area (Å²) in [5.74, 6) is 0.773. The van der Waals surface area contributed by atoms with Crippen molar-refractivity contribution in [2.45, 2.75) is 31.4 Å². The number of rotatable bonds is 6. The normalized spacial score (nSPS) is 17.5. The van der Waals surface area contributed by atoms with E-state index in [0.717, 1.165) is 10.2 Å². The minimum absolute atomic E-state index is 0.322. The summed E-state index contributed by atoms with van der Waals surface area (Å²) in [7, 11) is 0. The van der Waals surface area contributed by atoms with Crippen LogP contribution in [0.5, 0.6) is 5.75 Å². The van der Waals surface area contributed by atoms with Gasteiger partial charge in [-0.25, -0.2) is 0 Å². The van der Waals surface area contributed by atoms with Crippen LogP contribution in [0.3, 0.4) is 0 Å². The van der Waals surface area contributed by atoms with Crippen LogP contribution >= 0.6 is 15.9 Å². The maximum absolute atomic E-state index is 9.77. The number of hydrogen-bond donors (Lipinski definition) is 2. The molecule has 0 spiro atoms. The van der Waals surface area contributed by atoms with E-state index in [2.05, 4.69) is 21.2 Å². The predicted octanol–water partition coefficient (Wildman–Crippen LogP) is 2.33. The highest BCUT2D eigenvalue weighted by Gasteiger charge is 2.17. The van der Waals surface area contributed by atoms with Gasteiger partial charge in [0.15, 0.2) is 0 Å². The highest BCUT2D eigenvalue weighted by molar-refractivity contribution is 9.10. The first-order valence-electron chi connectivity index (χ1n) is 6.04. The van der Waals surface area contributed by atoms with E-state index in [-0.39, 0.29) is 0 Å². The summed E-state index contributed by atoms with van der Waals surface area (Å²) in [6, 6.07) is 8.27. The van der Waals surface area contributed by atoms with Crippen molar-refractivity contribution in [2.24, 2.45) is 0 Å². The Hall–Kier alpha value is -0.580. The molecule has 1 aromatic rings. The second kappa shape index (κ2) is 6.38. The standard InChI is InChI=1S/C13H18BrNO2/c14-12-6-1-2-7-13(12)17-9-11(16)8-15-10-4-3-5-10/h1-2,6-7,10-11,15-16H,3-5,8-9H2. The van der Waals surface area contributed by atoms with Crippen molar-refractivity contribution < 1.29 is 9.84 Å². The summed E-state index contributed by atoms with van der Waals surface area (Å²) in [5, 5.41) is 13.1. The second-order valence-electron chi connectivity index (χ2n) is 4.43. The van der Waals surface area contributed by atoms with E-state index in [1.807, 2.05) is 24.3 Å². The van der Waals surface area contributed by atoms with Crippen molar-refractivity contribution in [2.75, 3.05) is 13.2 Å². The lowest BCUT2D eigenvalue weighted by Gasteiger charge is -2.27. The van der Waals surface area contributed by atoms with Gasteiger partial charge >= 0.3 is 0 Å². The fourth-order valence-electron chi connectivity index (χ4n) is 1.72. The van der Waals surface area contributed by atoms with Crippen molar-refractivity contribution in [1.29, 1.82) is 0 Å².